The van der Waals surface area contributed by atoms with E-state index in [2.05, 4.69) is 15.4 Å². The van der Waals surface area contributed by atoms with Crippen LogP contribution in [0, 0.1) is 6.92 Å². The monoisotopic (exact) mass is 366 g/mol. The fraction of sp³-hybridized carbons (Fsp3) is 0.250. The topological polar surface area (TPSA) is 78.3 Å². The Morgan fingerprint density at radius 3 is 2.48 bits per heavy atom. The van der Waals surface area contributed by atoms with Crippen LogP contribution in [0.2, 0.25) is 0 Å². The molecule has 1 amide bonds. The Balaban J connectivity index is 1.71. The molecule has 0 aliphatic heterocycles. The third kappa shape index (κ3) is 4.08. The summed E-state index contributed by atoms with van der Waals surface area (Å²) in [5, 5.41) is 7.27. The average Bonchev–Trinajstić information content (AvgIpc) is 3.13. The first-order valence-corrected chi connectivity index (χ1v) is 8.53. The number of aryl methyl sites for hydroxylation is 1. The van der Waals surface area contributed by atoms with Crippen LogP contribution >= 0.6 is 0 Å². The van der Waals surface area contributed by atoms with Gasteiger partial charge in [-0.25, -0.2) is 9.67 Å². The predicted molar refractivity (Wildman–Crippen MR) is 102 cm³/mol. The first-order valence-electron chi connectivity index (χ1n) is 8.53. The van der Waals surface area contributed by atoms with Crippen molar-refractivity contribution >= 4 is 5.91 Å². The van der Waals surface area contributed by atoms with E-state index in [0.717, 1.165) is 11.3 Å². The molecule has 0 bridgehead atoms. The van der Waals surface area contributed by atoms with Gasteiger partial charge in [0.1, 0.15) is 0 Å². The number of nitrogens with one attached hydrogen (secondary N) is 1. The lowest BCUT2D eigenvalue weighted by Crippen LogP contribution is -2.26. The van der Waals surface area contributed by atoms with Crippen molar-refractivity contribution in [3.05, 3.63) is 65.6 Å². The molecule has 0 spiro atoms. The molecular weight excluding hydrogens is 344 g/mol. The summed E-state index contributed by atoms with van der Waals surface area (Å²) in [4.78, 5) is 16.8. The number of amides is 1. The maximum Gasteiger partial charge on any atom is 0.253 e. The van der Waals surface area contributed by atoms with Gasteiger partial charge in [0.15, 0.2) is 17.3 Å². The number of benzene rings is 1. The zero-order valence-corrected chi connectivity index (χ0v) is 15.8. The van der Waals surface area contributed by atoms with E-state index < -0.39 is 0 Å². The molecule has 1 aromatic carbocycles. The summed E-state index contributed by atoms with van der Waals surface area (Å²) in [6.45, 7) is 3.82. The number of hydrogen-bond donors (Lipinski definition) is 1. The quantitative estimate of drug-likeness (QED) is 0.725. The van der Waals surface area contributed by atoms with Gasteiger partial charge in [0.25, 0.3) is 5.91 Å². The summed E-state index contributed by atoms with van der Waals surface area (Å²) < 4.78 is 12.2. The van der Waals surface area contributed by atoms with Crippen molar-refractivity contribution in [3.63, 3.8) is 0 Å². The summed E-state index contributed by atoms with van der Waals surface area (Å²) in [5.74, 6) is 1.73. The van der Waals surface area contributed by atoms with Crippen molar-refractivity contribution in [2.45, 2.75) is 19.9 Å². The Morgan fingerprint density at radius 1 is 1.11 bits per heavy atom. The Labute approximate surface area is 158 Å². The summed E-state index contributed by atoms with van der Waals surface area (Å²) in [7, 11) is 3.17. The summed E-state index contributed by atoms with van der Waals surface area (Å²) in [6.07, 6.45) is 3.37. The van der Waals surface area contributed by atoms with Gasteiger partial charge in [-0.1, -0.05) is 6.07 Å². The first-order chi connectivity index (χ1) is 13.0. The number of nitrogens with zero attached hydrogens (tertiary/aromatic N) is 3. The lowest BCUT2D eigenvalue weighted by atomic mass is 10.1. The molecule has 1 atom stereocenters. The number of pyridine rings is 1. The number of carbonyl (C=O) groups is 1. The standard InChI is InChI=1S/C20H22N4O3/c1-13-9-10-24(23-13)19-8-6-16(12-21-19)20(25)22-14(2)15-5-7-17(26-3)18(11-15)27-4/h5-12,14H,1-4H3,(H,22,25)/t14-/m1/s1. The van der Waals surface area contributed by atoms with E-state index in [4.69, 9.17) is 9.47 Å². The third-order valence-electron chi connectivity index (χ3n) is 4.22. The Hall–Kier alpha value is -3.35. The van der Waals surface area contributed by atoms with Gasteiger partial charge in [0.2, 0.25) is 0 Å². The van der Waals surface area contributed by atoms with Crippen LogP contribution < -0.4 is 14.8 Å². The van der Waals surface area contributed by atoms with E-state index in [-0.39, 0.29) is 11.9 Å². The molecule has 2 heterocycles. The van der Waals surface area contributed by atoms with Gasteiger partial charge in [-0.05, 0) is 49.7 Å². The first kappa shape index (κ1) is 18.4. The number of aromatic nitrogens is 3. The van der Waals surface area contributed by atoms with Crippen LogP contribution in [0.3, 0.4) is 0 Å². The zero-order chi connectivity index (χ0) is 19.4. The molecule has 7 nitrogen and oxygen atoms in total. The van der Waals surface area contributed by atoms with E-state index in [1.54, 1.807) is 37.2 Å². The van der Waals surface area contributed by atoms with Crippen LogP contribution in [0.4, 0.5) is 0 Å². The Kier molecular flexibility index (Phi) is 5.40. The second-order valence-corrected chi connectivity index (χ2v) is 6.12. The molecule has 0 saturated carbocycles. The number of ether oxygens (including phenoxy) is 2. The number of rotatable bonds is 6. The van der Waals surface area contributed by atoms with E-state index in [1.165, 1.54) is 0 Å². The van der Waals surface area contributed by atoms with Crippen molar-refractivity contribution in [1.29, 1.82) is 0 Å². The molecule has 0 saturated heterocycles. The smallest absolute Gasteiger partial charge is 0.253 e. The van der Waals surface area contributed by atoms with Crippen LogP contribution in [-0.4, -0.2) is 34.9 Å². The predicted octanol–water partition coefficient (Wildman–Crippen LogP) is 3.08. The molecule has 0 aliphatic rings. The van der Waals surface area contributed by atoms with Crippen LogP contribution in [0.25, 0.3) is 5.82 Å². The fourth-order valence-corrected chi connectivity index (χ4v) is 2.68. The van der Waals surface area contributed by atoms with Gasteiger partial charge in [-0.2, -0.15) is 5.10 Å². The van der Waals surface area contributed by atoms with E-state index in [0.29, 0.717) is 22.9 Å². The van der Waals surface area contributed by atoms with Crippen molar-refractivity contribution < 1.29 is 14.3 Å². The molecule has 0 aliphatic carbocycles. The fourth-order valence-electron chi connectivity index (χ4n) is 2.68. The van der Waals surface area contributed by atoms with Crippen molar-refractivity contribution in [2.75, 3.05) is 14.2 Å². The van der Waals surface area contributed by atoms with Gasteiger partial charge in [0.05, 0.1) is 31.5 Å². The third-order valence-corrected chi connectivity index (χ3v) is 4.22. The number of carbonyl (C=O) groups excluding carboxylic acids is 1. The summed E-state index contributed by atoms with van der Waals surface area (Å²) >= 11 is 0. The Morgan fingerprint density at radius 2 is 1.89 bits per heavy atom. The molecule has 7 heteroatoms. The second-order valence-electron chi connectivity index (χ2n) is 6.12. The van der Waals surface area contributed by atoms with Crippen molar-refractivity contribution in [2.24, 2.45) is 0 Å². The van der Waals surface area contributed by atoms with Crippen LogP contribution in [0.15, 0.2) is 48.8 Å². The lowest BCUT2D eigenvalue weighted by Gasteiger charge is -2.16. The normalized spacial score (nSPS) is 11.7. The highest BCUT2D eigenvalue weighted by Crippen LogP contribution is 2.29. The largest absolute Gasteiger partial charge is 0.493 e. The maximum absolute atomic E-state index is 12.5. The van der Waals surface area contributed by atoms with Crippen LogP contribution in [-0.2, 0) is 0 Å². The van der Waals surface area contributed by atoms with Gasteiger partial charge in [-0.15, -0.1) is 0 Å². The second kappa shape index (κ2) is 7.90. The SMILES string of the molecule is COc1ccc([C@@H](C)NC(=O)c2ccc(-n3ccc(C)n3)nc2)cc1OC. The Bertz CT molecular complexity index is 935. The van der Waals surface area contributed by atoms with Crippen LogP contribution in [0.1, 0.15) is 34.6 Å². The molecule has 0 radical (unpaired) electrons. The van der Waals surface area contributed by atoms with Gasteiger partial charge >= 0.3 is 0 Å². The van der Waals surface area contributed by atoms with Crippen molar-refractivity contribution in [1.82, 2.24) is 20.1 Å². The van der Waals surface area contributed by atoms with Crippen LogP contribution in [0.5, 0.6) is 11.5 Å². The molecule has 2 aromatic heterocycles. The molecule has 27 heavy (non-hydrogen) atoms. The molecular formula is C20H22N4O3. The minimum Gasteiger partial charge on any atom is -0.493 e. The summed E-state index contributed by atoms with van der Waals surface area (Å²) in [5.41, 5.74) is 2.30. The van der Waals surface area contributed by atoms with Gasteiger partial charge < -0.3 is 14.8 Å². The number of hydrogen-bond acceptors (Lipinski definition) is 5. The minimum atomic E-state index is -0.203. The molecule has 0 fully saturated rings. The summed E-state index contributed by atoms with van der Waals surface area (Å²) in [6, 6.07) is 10.8. The highest BCUT2D eigenvalue weighted by molar-refractivity contribution is 5.94. The highest BCUT2D eigenvalue weighted by Gasteiger charge is 2.14. The van der Waals surface area contributed by atoms with Gasteiger partial charge in [-0.3, -0.25) is 4.79 Å². The minimum absolute atomic E-state index is 0.201. The maximum atomic E-state index is 12.5. The highest BCUT2D eigenvalue weighted by atomic mass is 16.5. The van der Waals surface area contributed by atoms with Gasteiger partial charge in [0, 0.05) is 12.4 Å². The van der Waals surface area contributed by atoms with Crippen molar-refractivity contribution in [3.8, 4) is 17.3 Å². The average molecular weight is 366 g/mol. The van der Waals surface area contributed by atoms with E-state index in [1.807, 2.05) is 44.3 Å². The molecule has 1 N–H and O–H groups in total. The van der Waals surface area contributed by atoms with E-state index in [9.17, 15) is 4.79 Å². The molecule has 0 unspecified atom stereocenters. The lowest BCUT2D eigenvalue weighted by molar-refractivity contribution is 0.0939. The zero-order valence-electron chi connectivity index (χ0n) is 15.8. The molecule has 3 aromatic rings. The van der Waals surface area contributed by atoms with E-state index >= 15 is 0 Å². The number of methoxy groups -OCH3 is 2. The molecule has 3 rings (SSSR count). The molecule has 140 valence electrons.